The average Bonchev–Trinajstić information content (AvgIpc) is 2.58. The zero-order valence-electron chi connectivity index (χ0n) is 11.1. The van der Waals surface area contributed by atoms with Gasteiger partial charge in [0.2, 0.25) is 5.91 Å². The summed E-state index contributed by atoms with van der Waals surface area (Å²) in [6, 6.07) is 5.95. The second-order valence-corrected chi connectivity index (χ2v) is 5.43. The lowest BCUT2D eigenvalue weighted by atomic mass is 9.77. The number of amides is 1. The molecule has 1 saturated heterocycles. The number of rotatable bonds is 3. The highest BCUT2D eigenvalue weighted by Gasteiger charge is 2.51. The van der Waals surface area contributed by atoms with Gasteiger partial charge in [-0.15, -0.1) is 0 Å². The minimum atomic E-state index is -1.18. The molecule has 1 fully saturated rings. The highest BCUT2D eigenvalue weighted by atomic mass is 16.4. The predicted octanol–water partition coefficient (Wildman–Crippen LogP) is 1.08. The van der Waals surface area contributed by atoms with Crippen LogP contribution in [0.5, 0.6) is 0 Å². The Morgan fingerprint density at radius 2 is 1.70 bits per heavy atom. The van der Waals surface area contributed by atoms with E-state index in [-0.39, 0.29) is 5.56 Å². The number of aromatic carboxylic acids is 1. The lowest BCUT2D eigenvalue weighted by Gasteiger charge is -2.28. The number of carboxylic acid groups (broad SMARTS) is 2. The first-order chi connectivity index (χ1) is 9.24. The highest BCUT2D eigenvalue weighted by molar-refractivity contribution is 6.01. The fourth-order valence-corrected chi connectivity index (χ4v) is 2.74. The van der Waals surface area contributed by atoms with E-state index < -0.39 is 35.2 Å². The molecular weight excluding hydrogens is 262 g/mol. The first-order valence-electron chi connectivity index (χ1n) is 6.12. The largest absolute Gasteiger partial charge is 0.481 e. The van der Waals surface area contributed by atoms with Crippen molar-refractivity contribution in [2.24, 2.45) is 5.92 Å². The van der Waals surface area contributed by atoms with Crippen LogP contribution in [-0.4, -0.2) is 33.6 Å². The van der Waals surface area contributed by atoms with Gasteiger partial charge in [0.15, 0.2) is 0 Å². The molecule has 1 aromatic rings. The summed E-state index contributed by atoms with van der Waals surface area (Å²) in [5, 5.41) is 20.8. The molecule has 0 aliphatic carbocycles. The van der Waals surface area contributed by atoms with Gasteiger partial charge in [-0.2, -0.15) is 0 Å². The van der Waals surface area contributed by atoms with E-state index in [0.29, 0.717) is 5.56 Å². The molecule has 2 atom stereocenters. The zero-order chi connectivity index (χ0) is 15.1. The van der Waals surface area contributed by atoms with Crippen LogP contribution < -0.4 is 5.32 Å². The third kappa shape index (κ3) is 2.24. The van der Waals surface area contributed by atoms with E-state index in [2.05, 4.69) is 5.32 Å². The van der Waals surface area contributed by atoms with Gasteiger partial charge in [0.1, 0.15) is 5.92 Å². The minimum Gasteiger partial charge on any atom is -0.481 e. The SMILES string of the molecule is CC1(C)NC(=O)[C@@H](C(=O)O)[C@@H]1c1ccc(C(=O)O)cc1. The summed E-state index contributed by atoms with van der Waals surface area (Å²) in [6.07, 6.45) is 0. The van der Waals surface area contributed by atoms with Crippen molar-refractivity contribution >= 4 is 17.8 Å². The van der Waals surface area contributed by atoms with Gasteiger partial charge in [0.25, 0.3) is 0 Å². The van der Waals surface area contributed by atoms with E-state index in [1.54, 1.807) is 26.0 Å². The molecule has 1 heterocycles. The van der Waals surface area contributed by atoms with Crippen molar-refractivity contribution in [2.75, 3.05) is 0 Å². The van der Waals surface area contributed by atoms with E-state index in [1.165, 1.54) is 12.1 Å². The molecule has 106 valence electrons. The van der Waals surface area contributed by atoms with Crippen molar-refractivity contribution in [2.45, 2.75) is 25.3 Å². The van der Waals surface area contributed by atoms with E-state index in [0.717, 1.165) is 0 Å². The predicted molar refractivity (Wildman–Crippen MR) is 69.5 cm³/mol. The van der Waals surface area contributed by atoms with E-state index in [1.807, 2.05) is 0 Å². The third-order valence-corrected chi connectivity index (χ3v) is 3.62. The molecule has 0 spiro atoms. The van der Waals surface area contributed by atoms with Crippen LogP contribution in [0.1, 0.15) is 35.7 Å². The quantitative estimate of drug-likeness (QED) is 0.717. The van der Waals surface area contributed by atoms with Crippen LogP contribution in [0, 0.1) is 5.92 Å². The molecule has 0 unspecified atom stereocenters. The Balaban J connectivity index is 2.44. The molecule has 20 heavy (non-hydrogen) atoms. The summed E-state index contributed by atoms with van der Waals surface area (Å²) < 4.78 is 0. The molecule has 3 N–H and O–H groups in total. The topological polar surface area (TPSA) is 104 Å². The average molecular weight is 277 g/mol. The smallest absolute Gasteiger partial charge is 0.335 e. The van der Waals surface area contributed by atoms with Crippen LogP contribution >= 0.6 is 0 Å². The van der Waals surface area contributed by atoms with Gasteiger partial charge in [0, 0.05) is 11.5 Å². The number of benzene rings is 1. The molecule has 1 aliphatic rings. The number of aliphatic carboxylic acids is 1. The number of nitrogens with one attached hydrogen (secondary N) is 1. The summed E-state index contributed by atoms with van der Waals surface area (Å²) in [4.78, 5) is 33.9. The standard InChI is InChI=1S/C14H15NO5/c1-14(2)10(9(13(19)20)11(16)15-14)7-3-5-8(6-4-7)12(17)18/h3-6,9-10H,1-2H3,(H,15,16)(H,17,18)(H,19,20)/t9-,10-/m0/s1. The minimum absolute atomic E-state index is 0.121. The number of hydrogen-bond donors (Lipinski definition) is 3. The Labute approximate surface area is 115 Å². The molecule has 2 rings (SSSR count). The lowest BCUT2D eigenvalue weighted by Crippen LogP contribution is -2.38. The Morgan fingerprint density at radius 1 is 1.15 bits per heavy atom. The van der Waals surface area contributed by atoms with Gasteiger partial charge < -0.3 is 15.5 Å². The molecule has 0 bridgehead atoms. The Morgan fingerprint density at radius 3 is 2.15 bits per heavy atom. The molecule has 1 aliphatic heterocycles. The van der Waals surface area contributed by atoms with Crippen LogP contribution in [-0.2, 0) is 9.59 Å². The van der Waals surface area contributed by atoms with Gasteiger partial charge in [0.05, 0.1) is 5.56 Å². The summed E-state index contributed by atoms with van der Waals surface area (Å²) in [6.45, 7) is 3.51. The first kappa shape index (κ1) is 14.0. The van der Waals surface area contributed by atoms with Crippen molar-refractivity contribution < 1.29 is 24.6 Å². The summed E-state index contributed by atoms with van der Waals surface area (Å²) in [5.74, 6) is -4.46. The molecule has 1 aromatic carbocycles. The Bertz CT molecular complexity index is 576. The molecule has 0 aromatic heterocycles. The van der Waals surface area contributed by atoms with Gasteiger partial charge in [-0.1, -0.05) is 12.1 Å². The van der Waals surface area contributed by atoms with Crippen LogP contribution in [0.25, 0.3) is 0 Å². The maximum atomic E-state index is 11.8. The second kappa shape index (κ2) is 4.63. The van der Waals surface area contributed by atoms with Crippen LogP contribution in [0.2, 0.25) is 0 Å². The maximum absolute atomic E-state index is 11.8. The lowest BCUT2D eigenvalue weighted by molar-refractivity contribution is -0.145. The normalized spacial score (nSPS) is 24.2. The van der Waals surface area contributed by atoms with E-state index in [9.17, 15) is 19.5 Å². The molecular formula is C14H15NO5. The Kier molecular flexibility index (Phi) is 3.25. The summed E-state index contributed by atoms with van der Waals surface area (Å²) in [5.41, 5.74) is 0.0479. The first-order valence-corrected chi connectivity index (χ1v) is 6.12. The van der Waals surface area contributed by atoms with Gasteiger partial charge in [-0.25, -0.2) is 4.79 Å². The Hall–Kier alpha value is -2.37. The van der Waals surface area contributed by atoms with Crippen molar-refractivity contribution in [3.8, 4) is 0 Å². The molecule has 1 amide bonds. The second-order valence-electron chi connectivity index (χ2n) is 5.43. The van der Waals surface area contributed by atoms with Gasteiger partial charge in [-0.05, 0) is 31.5 Å². The third-order valence-electron chi connectivity index (χ3n) is 3.62. The van der Waals surface area contributed by atoms with Crippen molar-refractivity contribution in [1.82, 2.24) is 5.32 Å². The van der Waals surface area contributed by atoms with Crippen molar-refractivity contribution in [3.63, 3.8) is 0 Å². The van der Waals surface area contributed by atoms with Crippen LogP contribution in [0.4, 0.5) is 0 Å². The van der Waals surface area contributed by atoms with E-state index >= 15 is 0 Å². The summed E-state index contributed by atoms with van der Waals surface area (Å²) in [7, 11) is 0. The number of carbonyl (C=O) groups is 3. The van der Waals surface area contributed by atoms with E-state index in [4.69, 9.17) is 5.11 Å². The molecule has 6 heteroatoms. The zero-order valence-corrected chi connectivity index (χ0v) is 11.1. The fourth-order valence-electron chi connectivity index (χ4n) is 2.74. The van der Waals surface area contributed by atoms with Gasteiger partial charge >= 0.3 is 11.9 Å². The number of carboxylic acids is 2. The molecule has 0 radical (unpaired) electrons. The number of carbonyl (C=O) groups excluding carboxylic acids is 1. The maximum Gasteiger partial charge on any atom is 0.335 e. The fraction of sp³-hybridized carbons (Fsp3) is 0.357. The van der Waals surface area contributed by atoms with Crippen molar-refractivity contribution in [3.05, 3.63) is 35.4 Å². The van der Waals surface area contributed by atoms with Crippen molar-refractivity contribution in [1.29, 1.82) is 0 Å². The van der Waals surface area contributed by atoms with Gasteiger partial charge in [-0.3, -0.25) is 9.59 Å². The highest BCUT2D eigenvalue weighted by Crippen LogP contribution is 2.40. The van der Waals surface area contributed by atoms with Crippen LogP contribution in [0.3, 0.4) is 0 Å². The summed E-state index contributed by atoms with van der Waals surface area (Å²) >= 11 is 0. The number of hydrogen-bond acceptors (Lipinski definition) is 3. The molecule has 0 saturated carbocycles. The van der Waals surface area contributed by atoms with Crippen LogP contribution in [0.15, 0.2) is 24.3 Å². The molecule has 6 nitrogen and oxygen atoms in total. The monoisotopic (exact) mass is 277 g/mol.